The zero-order valence-electron chi connectivity index (χ0n) is 17.8. The molecule has 1 aliphatic rings. The fourth-order valence-electron chi connectivity index (χ4n) is 3.70. The molecule has 0 aliphatic carbocycles. The zero-order valence-corrected chi connectivity index (χ0v) is 17.8. The van der Waals surface area contributed by atoms with Crippen LogP contribution in [0.4, 0.5) is 11.5 Å². The Kier molecular flexibility index (Phi) is 5.79. The number of anilines is 2. The standard InChI is InChI=1S/C23H28N6O/c1-4-5-6-18-7-9-20(10-8-18)26-23(30)19-13-28(14-19)21-12-22(25-15-24-21)29-17(3)11-16(2)27-29/h7-12,15,19H,4-6,13-14H2,1-3H3,(H,26,30). The van der Waals surface area contributed by atoms with E-state index < -0.39 is 0 Å². The van der Waals surface area contributed by atoms with Crippen LogP contribution in [-0.2, 0) is 11.2 Å². The van der Waals surface area contributed by atoms with Crippen molar-refractivity contribution in [3.63, 3.8) is 0 Å². The van der Waals surface area contributed by atoms with Gasteiger partial charge in [0, 0.05) is 30.5 Å². The molecule has 1 fully saturated rings. The minimum Gasteiger partial charge on any atom is -0.355 e. The largest absolute Gasteiger partial charge is 0.355 e. The van der Waals surface area contributed by atoms with Crippen LogP contribution in [0.25, 0.3) is 5.82 Å². The highest BCUT2D eigenvalue weighted by Crippen LogP contribution is 2.25. The van der Waals surface area contributed by atoms with Crippen molar-refractivity contribution in [2.75, 3.05) is 23.3 Å². The number of aromatic nitrogens is 4. The Morgan fingerprint density at radius 1 is 1.10 bits per heavy atom. The van der Waals surface area contributed by atoms with Gasteiger partial charge in [0.2, 0.25) is 5.91 Å². The van der Waals surface area contributed by atoms with E-state index in [0.717, 1.165) is 35.1 Å². The van der Waals surface area contributed by atoms with Gasteiger partial charge in [-0.1, -0.05) is 25.5 Å². The predicted molar refractivity (Wildman–Crippen MR) is 118 cm³/mol. The molecule has 2 aromatic heterocycles. The van der Waals surface area contributed by atoms with E-state index in [1.54, 1.807) is 6.33 Å². The monoisotopic (exact) mass is 404 g/mol. The van der Waals surface area contributed by atoms with Gasteiger partial charge >= 0.3 is 0 Å². The summed E-state index contributed by atoms with van der Waals surface area (Å²) in [6, 6.07) is 12.1. The lowest BCUT2D eigenvalue weighted by Crippen LogP contribution is -2.52. The summed E-state index contributed by atoms with van der Waals surface area (Å²) in [7, 11) is 0. The minimum absolute atomic E-state index is 0.0446. The van der Waals surface area contributed by atoms with E-state index in [-0.39, 0.29) is 11.8 Å². The number of benzene rings is 1. The molecule has 3 aromatic rings. The number of carbonyl (C=O) groups is 1. The Balaban J connectivity index is 1.34. The van der Waals surface area contributed by atoms with Gasteiger partial charge < -0.3 is 10.2 Å². The molecule has 1 aliphatic heterocycles. The summed E-state index contributed by atoms with van der Waals surface area (Å²) in [5.41, 5.74) is 4.14. The number of aryl methyl sites for hydroxylation is 3. The van der Waals surface area contributed by atoms with Gasteiger partial charge in [-0.25, -0.2) is 14.6 Å². The lowest BCUT2D eigenvalue weighted by Gasteiger charge is -2.39. The Morgan fingerprint density at radius 2 is 1.83 bits per heavy atom. The Bertz CT molecular complexity index is 1020. The molecular formula is C23H28N6O. The molecule has 4 rings (SSSR count). The highest BCUT2D eigenvalue weighted by atomic mass is 16.2. The predicted octanol–water partition coefficient (Wildman–Crippen LogP) is 3.70. The first kappa shape index (κ1) is 20.1. The fraction of sp³-hybridized carbons (Fsp3) is 0.391. The fourth-order valence-corrected chi connectivity index (χ4v) is 3.70. The molecule has 156 valence electrons. The van der Waals surface area contributed by atoms with Gasteiger partial charge in [-0.05, 0) is 50.5 Å². The van der Waals surface area contributed by atoms with Crippen molar-refractivity contribution in [1.82, 2.24) is 19.7 Å². The average molecular weight is 405 g/mol. The molecular weight excluding hydrogens is 376 g/mol. The van der Waals surface area contributed by atoms with Gasteiger partial charge in [0.15, 0.2) is 5.82 Å². The van der Waals surface area contributed by atoms with Crippen LogP contribution in [0.1, 0.15) is 36.7 Å². The molecule has 7 heteroatoms. The molecule has 7 nitrogen and oxygen atoms in total. The SMILES string of the molecule is CCCCc1ccc(NC(=O)C2CN(c3cc(-n4nc(C)cc4C)ncn3)C2)cc1. The van der Waals surface area contributed by atoms with E-state index in [2.05, 4.69) is 44.3 Å². The van der Waals surface area contributed by atoms with E-state index in [4.69, 9.17) is 0 Å². The van der Waals surface area contributed by atoms with Crippen molar-refractivity contribution < 1.29 is 4.79 Å². The highest BCUT2D eigenvalue weighted by Gasteiger charge is 2.33. The van der Waals surface area contributed by atoms with Crippen LogP contribution in [0.2, 0.25) is 0 Å². The topological polar surface area (TPSA) is 75.9 Å². The molecule has 1 amide bonds. The van der Waals surface area contributed by atoms with Gasteiger partial charge in [-0.3, -0.25) is 4.79 Å². The number of hydrogen-bond donors (Lipinski definition) is 1. The molecule has 1 saturated heterocycles. The first-order valence-corrected chi connectivity index (χ1v) is 10.5. The molecule has 0 radical (unpaired) electrons. The maximum absolute atomic E-state index is 12.6. The van der Waals surface area contributed by atoms with E-state index >= 15 is 0 Å². The number of rotatable bonds is 7. The van der Waals surface area contributed by atoms with Gasteiger partial charge in [-0.15, -0.1) is 0 Å². The molecule has 0 unspecified atom stereocenters. The number of carbonyl (C=O) groups excluding carboxylic acids is 1. The summed E-state index contributed by atoms with van der Waals surface area (Å²) in [5, 5.41) is 7.52. The molecule has 1 N–H and O–H groups in total. The number of unbranched alkanes of at least 4 members (excludes halogenated alkanes) is 1. The summed E-state index contributed by atoms with van der Waals surface area (Å²) < 4.78 is 1.81. The van der Waals surface area contributed by atoms with Crippen molar-refractivity contribution in [2.24, 2.45) is 5.92 Å². The van der Waals surface area contributed by atoms with E-state index in [1.165, 1.54) is 18.4 Å². The van der Waals surface area contributed by atoms with Crippen molar-refractivity contribution in [3.8, 4) is 5.82 Å². The number of nitrogens with one attached hydrogen (secondary N) is 1. The van der Waals surface area contributed by atoms with E-state index in [1.807, 2.05) is 42.8 Å². The Hall–Kier alpha value is -3.22. The van der Waals surface area contributed by atoms with Gasteiger partial charge in [-0.2, -0.15) is 5.10 Å². The molecule has 0 saturated carbocycles. The van der Waals surface area contributed by atoms with Gasteiger partial charge in [0.05, 0.1) is 11.6 Å². The lowest BCUT2D eigenvalue weighted by molar-refractivity contribution is -0.120. The summed E-state index contributed by atoms with van der Waals surface area (Å²) >= 11 is 0. The Labute approximate surface area is 177 Å². The second-order valence-corrected chi connectivity index (χ2v) is 7.96. The third kappa shape index (κ3) is 4.35. The molecule has 0 spiro atoms. The second kappa shape index (κ2) is 8.65. The highest BCUT2D eigenvalue weighted by molar-refractivity contribution is 5.94. The maximum atomic E-state index is 12.6. The van der Waals surface area contributed by atoms with Crippen molar-refractivity contribution >= 4 is 17.4 Å². The summed E-state index contributed by atoms with van der Waals surface area (Å²) in [5.74, 6) is 1.57. The van der Waals surface area contributed by atoms with Gasteiger partial charge in [0.25, 0.3) is 0 Å². The van der Waals surface area contributed by atoms with Crippen molar-refractivity contribution in [3.05, 3.63) is 59.7 Å². The first-order chi connectivity index (χ1) is 14.5. The van der Waals surface area contributed by atoms with Crippen LogP contribution in [0.5, 0.6) is 0 Å². The van der Waals surface area contributed by atoms with Crippen molar-refractivity contribution in [2.45, 2.75) is 40.0 Å². The minimum atomic E-state index is -0.0446. The maximum Gasteiger partial charge on any atom is 0.231 e. The van der Waals surface area contributed by atoms with Crippen LogP contribution >= 0.6 is 0 Å². The summed E-state index contributed by atoms with van der Waals surface area (Å²) in [4.78, 5) is 23.4. The lowest BCUT2D eigenvalue weighted by atomic mass is 9.99. The van der Waals surface area contributed by atoms with Gasteiger partial charge in [0.1, 0.15) is 12.1 Å². The molecule has 3 heterocycles. The van der Waals surface area contributed by atoms with Crippen LogP contribution < -0.4 is 10.2 Å². The average Bonchev–Trinajstić information content (AvgIpc) is 3.04. The number of amides is 1. The van der Waals surface area contributed by atoms with E-state index in [0.29, 0.717) is 13.1 Å². The number of nitrogens with zero attached hydrogens (tertiary/aromatic N) is 5. The normalized spacial score (nSPS) is 13.9. The first-order valence-electron chi connectivity index (χ1n) is 10.5. The van der Waals surface area contributed by atoms with Crippen LogP contribution in [0, 0.1) is 19.8 Å². The third-order valence-corrected chi connectivity index (χ3v) is 5.48. The van der Waals surface area contributed by atoms with E-state index in [9.17, 15) is 4.79 Å². The molecule has 0 atom stereocenters. The summed E-state index contributed by atoms with van der Waals surface area (Å²) in [6.45, 7) is 7.45. The van der Waals surface area contributed by atoms with Crippen LogP contribution in [0.3, 0.4) is 0 Å². The molecule has 30 heavy (non-hydrogen) atoms. The third-order valence-electron chi connectivity index (χ3n) is 5.48. The smallest absolute Gasteiger partial charge is 0.231 e. The summed E-state index contributed by atoms with van der Waals surface area (Å²) in [6.07, 6.45) is 5.01. The second-order valence-electron chi connectivity index (χ2n) is 7.96. The number of hydrogen-bond acceptors (Lipinski definition) is 5. The van der Waals surface area contributed by atoms with Crippen LogP contribution in [-0.4, -0.2) is 38.7 Å². The van der Waals surface area contributed by atoms with Crippen LogP contribution in [0.15, 0.2) is 42.7 Å². The van der Waals surface area contributed by atoms with Crippen molar-refractivity contribution in [1.29, 1.82) is 0 Å². The quantitative estimate of drug-likeness (QED) is 0.650. The molecule has 1 aromatic carbocycles. The Morgan fingerprint density at radius 3 is 2.50 bits per heavy atom. The molecule has 0 bridgehead atoms. The zero-order chi connectivity index (χ0) is 21.1.